The molecule has 0 bridgehead atoms. The fourth-order valence-corrected chi connectivity index (χ4v) is 6.11. The quantitative estimate of drug-likeness (QED) is 0.401. The topological polar surface area (TPSA) is 79.9 Å². The summed E-state index contributed by atoms with van der Waals surface area (Å²) in [4.78, 5) is 19.0. The third-order valence-corrected chi connectivity index (χ3v) is 7.86. The van der Waals surface area contributed by atoms with Crippen LogP contribution in [0.1, 0.15) is 42.2 Å². The summed E-state index contributed by atoms with van der Waals surface area (Å²) in [5.74, 6) is -0.108. The number of para-hydroxylation sites is 2. The number of ether oxygens (including phenoxy) is 1. The first-order chi connectivity index (χ1) is 15.1. The van der Waals surface area contributed by atoms with E-state index in [0.29, 0.717) is 23.7 Å². The maximum atomic E-state index is 13.0. The molecule has 0 radical (unpaired) electrons. The molecular weight excluding hydrogens is 428 g/mol. The monoisotopic (exact) mass is 454 g/mol. The molecular formula is C23H26N4O2S2. The Labute approximate surface area is 190 Å². The van der Waals surface area contributed by atoms with Crippen molar-refractivity contribution in [2.45, 2.75) is 56.0 Å². The Balaban J connectivity index is 1.53. The van der Waals surface area contributed by atoms with Gasteiger partial charge in [0.2, 0.25) is 5.91 Å². The molecule has 0 saturated heterocycles. The second kappa shape index (κ2) is 9.86. The van der Waals surface area contributed by atoms with E-state index in [2.05, 4.69) is 16.0 Å². The number of nitrogens with one attached hydrogen (secondary N) is 1. The molecule has 2 heterocycles. The van der Waals surface area contributed by atoms with Gasteiger partial charge in [0.1, 0.15) is 11.1 Å². The molecule has 1 atom stereocenters. The molecule has 0 spiro atoms. The summed E-state index contributed by atoms with van der Waals surface area (Å²) in [6.45, 7) is 3.12. The smallest absolute Gasteiger partial charge is 0.238 e. The highest BCUT2D eigenvalue weighted by Crippen LogP contribution is 2.37. The van der Waals surface area contributed by atoms with E-state index in [1.807, 2.05) is 31.2 Å². The van der Waals surface area contributed by atoms with Crippen molar-refractivity contribution in [3.8, 4) is 6.07 Å². The number of hydrogen-bond acceptors (Lipinski definition) is 6. The lowest BCUT2D eigenvalue weighted by atomic mass is 10.1. The van der Waals surface area contributed by atoms with Gasteiger partial charge in [0.25, 0.3) is 0 Å². The first-order valence-electron chi connectivity index (χ1n) is 10.6. The number of carbonyl (C=O) groups is 1. The van der Waals surface area contributed by atoms with Crippen LogP contribution >= 0.6 is 23.1 Å². The van der Waals surface area contributed by atoms with Gasteiger partial charge >= 0.3 is 0 Å². The second-order valence-electron chi connectivity index (χ2n) is 7.66. The van der Waals surface area contributed by atoms with Crippen LogP contribution in [0.2, 0.25) is 0 Å². The first kappa shape index (κ1) is 21.9. The van der Waals surface area contributed by atoms with E-state index in [9.17, 15) is 10.1 Å². The van der Waals surface area contributed by atoms with Crippen molar-refractivity contribution in [3.63, 3.8) is 0 Å². The lowest BCUT2D eigenvalue weighted by molar-refractivity contribution is -0.115. The van der Waals surface area contributed by atoms with E-state index >= 15 is 0 Å². The van der Waals surface area contributed by atoms with Crippen LogP contribution in [0.5, 0.6) is 0 Å². The number of thiophene rings is 1. The molecule has 1 aliphatic rings. The van der Waals surface area contributed by atoms with E-state index in [-0.39, 0.29) is 11.2 Å². The Morgan fingerprint density at radius 3 is 2.97 bits per heavy atom. The van der Waals surface area contributed by atoms with Gasteiger partial charge in [0.15, 0.2) is 5.16 Å². The normalized spacial score (nSPS) is 14.6. The van der Waals surface area contributed by atoms with Gasteiger partial charge in [0, 0.05) is 18.5 Å². The van der Waals surface area contributed by atoms with E-state index in [1.165, 1.54) is 23.1 Å². The molecule has 162 valence electrons. The molecule has 6 nitrogen and oxygen atoms in total. The van der Waals surface area contributed by atoms with Crippen LogP contribution in [-0.4, -0.2) is 34.4 Å². The van der Waals surface area contributed by atoms with Crippen LogP contribution in [0.25, 0.3) is 11.0 Å². The number of methoxy groups -OCH3 is 1. The summed E-state index contributed by atoms with van der Waals surface area (Å²) >= 11 is 3.00. The van der Waals surface area contributed by atoms with Crippen molar-refractivity contribution in [1.29, 1.82) is 5.26 Å². The highest BCUT2D eigenvalue weighted by molar-refractivity contribution is 8.00. The number of hydrogen-bond donors (Lipinski definition) is 1. The highest BCUT2D eigenvalue weighted by atomic mass is 32.2. The predicted octanol–water partition coefficient (Wildman–Crippen LogP) is 5.00. The number of benzene rings is 1. The van der Waals surface area contributed by atoms with Crippen LogP contribution in [0.3, 0.4) is 0 Å². The number of carbonyl (C=O) groups excluding carboxylic acids is 1. The number of anilines is 1. The summed E-state index contributed by atoms with van der Waals surface area (Å²) in [7, 11) is 1.68. The minimum Gasteiger partial charge on any atom is -0.383 e. The largest absolute Gasteiger partial charge is 0.383 e. The van der Waals surface area contributed by atoms with Gasteiger partial charge in [-0.2, -0.15) is 5.26 Å². The molecule has 0 fully saturated rings. The van der Waals surface area contributed by atoms with Gasteiger partial charge < -0.3 is 14.6 Å². The van der Waals surface area contributed by atoms with Crippen LogP contribution < -0.4 is 5.32 Å². The number of fused-ring (bicyclic) bond motifs is 2. The fraction of sp³-hybridized carbons (Fsp3) is 0.435. The second-order valence-corrected chi connectivity index (χ2v) is 10.1. The molecule has 8 heteroatoms. The average molecular weight is 455 g/mol. The first-order valence-corrected chi connectivity index (χ1v) is 12.3. The van der Waals surface area contributed by atoms with E-state index < -0.39 is 0 Å². The SMILES string of the molecule is COCCn1c(SC(C)C(=O)Nc2sc3c(c2C#N)CCCCC3)nc2ccccc21. The van der Waals surface area contributed by atoms with Crippen molar-refractivity contribution in [1.82, 2.24) is 9.55 Å². The molecule has 0 aliphatic heterocycles. The van der Waals surface area contributed by atoms with Gasteiger partial charge in [-0.25, -0.2) is 4.98 Å². The molecule has 31 heavy (non-hydrogen) atoms. The predicted molar refractivity (Wildman–Crippen MR) is 126 cm³/mol. The van der Waals surface area contributed by atoms with Gasteiger partial charge in [-0.1, -0.05) is 30.3 Å². The number of aromatic nitrogens is 2. The average Bonchev–Trinajstić information content (AvgIpc) is 3.18. The summed E-state index contributed by atoms with van der Waals surface area (Å²) in [6, 6.07) is 10.3. The lowest BCUT2D eigenvalue weighted by Gasteiger charge is -2.13. The molecule has 1 aromatic carbocycles. The van der Waals surface area contributed by atoms with Gasteiger partial charge in [-0.15, -0.1) is 11.3 Å². The van der Waals surface area contributed by atoms with Crippen LogP contribution in [0.15, 0.2) is 29.4 Å². The minimum atomic E-state index is -0.355. The molecule has 3 aromatic rings. The zero-order chi connectivity index (χ0) is 21.8. The molecule has 4 rings (SSSR count). The molecule has 0 saturated carbocycles. The Morgan fingerprint density at radius 2 is 2.16 bits per heavy atom. The summed E-state index contributed by atoms with van der Waals surface area (Å²) in [5.41, 5.74) is 3.73. The summed E-state index contributed by atoms with van der Waals surface area (Å²) < 4.78 is 7.36. The highest BCUT2D eigenvalue weighted by Gasteiger charge is 2.24. The minimum absolute atomic E-state index is 0.108. The Bertz CT molecular complexity index is 1130. The number of rotatable bonds is 7. The van der Waals surface area contributed by atoms with E-state index in [4.69, 9.17) is 9.72 Å². The summed E-state index contributed by atoms with van der Waals surface area (Å²) in [5, 5.41) is 13.9. The van der Waals surface area contributed by atoms with Gasteiger partial charge in [-0.3, -0.25) is 4.79 Å². The van der Waals surface area contributed by atoms with Crippen molar-refractivity contribution >= 4 is 45.0 Å². The Hall–Kier alpha value is -2.34. The van der Waals surface area contributed by atoms with Crippen LogP contribution in [0, 0.1) is 11.3 Å². The molecule has 1 aliphatic carbocycles. The number of nitrogens with zero attached hydrogens (tertiary/aromatic N) is 3. The zero-order valence-corrected chi connectivity index (χ0v) is 19.4. The van der Waals surface area contributed by atoms with Crippen molar-refractivity contribution in [2.24, 2.45) is 0 Å². The number of nitriles is 1. The Morgan fingerprint density at radius 1 is 1.35 bits per heavy atom. The maximum absolute atomic E-state index is 13.0. The van der Waals surface area contributed by atoms with Gasteiger partial charge in [-0.05, 0) is 50.3 Å². The number of thioether (sulfide) groups is 1. The zero-order valence-electron chi connectivity index (χ0n) is 17.8. The van der Waals surface area contributed by atoms with Crippen molar-refractivity contribution < 1.29 is 9.53 Å². The van der Waals surface area contributed by atoms with Crippen LogP contribution in [-0.2, 0) is 28.9 Å². The molecule has 1 amide bonds. The van der Waals surface area contributed by atoms with Crippen molar-refractivity contribution in [3.05, 3.63) is 40.3 Å². The molecule has 1 N–H and O–H groups in total. The summed E-state index contributed by atoms with van der Waals surface area (Å²) in [6.07, 6.45) is 5.38. The fourth-order valence-electron chi connectivity index (χ4n) is 3.92. The van der Waals surface area contributed by atoms with Crippen molar-refractivity contribution in [2.75, 3.05) is 19.0 Å². The van der Waals surface area contributed by atoms with E-state index in [0.717, 1.165) is 47.4 Å². The number of aryl methyl sites for hydroxylation is 1. The van der Waals surface area contributed by atoms with Gasteiger partial charge in [0.05, 0.1) is 28.5 Å². The number of imidazole rings is 1. The Kier molecular flexibility index (Phi) is 6.96. The number of amides is 1. The standard InChI is InChI=1S/C23H26N4O2S2/c1-15(30-23-25-18-9-6-7-10-19(18)27(23)12-13-29-2)21(28)26-22-17(14-24)16-8-4-3-5-11-20(16)31-22/h6-7,9-10,15H,3-5,8,11-13H2,1-2H3,(H,26,28). The molecule has 2 aromatic heterocycles. The van der Waals surface area contributed by atoms with Crippen LogP contribution in [0.4, 0.5) is 5.00 Å². The third kappa shape index (κ3) is 4.64. The molecule has 1 unspecified atom stereocenters. The lowest BCUT2D eigenvalue weighted by Crippen LogP contribution is -2.23. The third-order valence-electron chi connectivity index (χ3n) is 5.56. The van der Waals surface area contributed by atoms with E-state index in [1.54, 1.807) is 18.4 Å². The maximum Gasteiger partial charge on any atom is 0.238 e.